The Balaban J connectivity index is 1.66. The number of hydrogen-bond donors (Lipinski definition) is 0. The van der Waals surface area contributed by atoms with Crippen molar-refractivity contribution in [2.75, 3.05) is 0 Å². The van der Waals surface area contributed by atoms with Crippen molar-refractivity contribution in [3.05, 3.63) is 88.8 Å². The Labute approximate surface area is 167 Å². The lowest BCUT2D eigenvalue weighted by Crippen LogP contribution is -2.03. The molecule has 0 fully saturated rings. The maximum atomic E-state index is 6.03. The van der Waals surface area contributed by atoms with Crippen molar-refractivity contribution in [1.29, 1.82) is 0 Å². The molecule has 0 unspecified atom stereocenters. The minimum atomic E-state index is 0.577. The molecular weight excluding hydrogens is 378 g/mol. The molecule has 0 saturated carbocycles. The minimum Gasteiger partial charge on any atom is -0.467 e. The number of benzene rings is 2. The predicted octanol–water partition coefficient (Wildman–Crippen LogP) is 5.84. The highest BCUT2D eigenvalue weighted by molar-refractivity contribution is 7.98. The molecule has 2 aromatic carbocycles. The van der Waals surface area contributed by atoms with E-state index in [1.54, 1.807) is 18.0 Å². The van der Waals surface area contributed by atoms with Gasteiger partial charge in [-0.1, -0.05) is 47.6 Å². The summed E-state index contributed by atoms with van der Waals surface area (Å²) in [6.07, 6.45) is 1.68. The zero-order valence-corrected chi connectivity index (χ0v) is 16.4. The van der Waals surface area contributed by atoms with Crippen LogP contribution < -0.4 is 0 Å². The normalized spacial score (nSPS) is 11.0. The van der Waals surface area contributed by atoms with E-state index in [9.17, 15) is 0 Å². The first kappa shape index (κ1) is 17.9. The molecular formula is C21H18ClN3OS. The van der Waals surface area contributed by atoms with Crippen LogP contribution >= 0.6 is 23.4 Å². The van der Waals surface area contributed by atoms with Gasteiger partial charge in [0.1, 0.15) is 5.76 Å². The zero-order chi connectivity index (χ0) is 18.6. The fourth-order valence-electron chi connectivity index (χ4n) is 2.82. The van der Waals surface area contributed by atoms with Crippen molar-refractivity contribution < 1.29 is 4.42 Å². The number of halogens is 1. The molecule has 0 radical (unpaired) electrons. The molecule has 0 bridgehead atoms. The van der Waals surface area contributed by atoms with Crippen LogP contribution in [0.15, 0.2) is 76.5 Å². The van der Waals surface area contributed by atoms with Gasteiger partial charge in [0.25, 0.3) is 0 Å². The minimum absolute atomic E-state index is 0.577. The second-order valence-electron chi connectivity index (χ2n) is 6.19. The molecule has 0 aliphatic carbocycles. The smallest absolute Gasteiger partial charge is 0.192 e. The number of aromatic nitrogens is 3. The number of hydrogen-bond acceptors (Lipinski definition) is 4. The van der Waals surface area contributed by atoms with Crippen molar-refractivity contribution in [2.24, 2.45) is 0 Å². The Morgan fingerprint density at radius 3 is 2.56 bits per heavy atom. The summed E-state index contributed by atoms with van der Waals surface area (Å²) in [5.41, 5.74) is 3.55. The lowest BCUT2D eigenvalue weighted by molar-refractivity contribution is 0.485. The van der Waals surface area contributed by atoms with Gasteiger partial charge >= 0.3 is 0 Å². The van der Waals surface area contributed by atoms with Gasteiger partial charge < -0.3 is 4.42 Å². The summed E-state index contributed by atoms with van der Waals surface area (Å²) >= 11 is 7.71. The lowest BCUT2D eigenvalue weighted by Gasteiger charge is -2.10. The molecule has 2 aromatic heterocycles. The van der Waals surface area contributed by atoms with E-state index in [4.69, 9.17) is 16.0 Å². The van der Waals surface area contributed by atoms with Gasteiger partial charge in [0.2, 0.25) is 0 Å². The number of aryl methyl sites for hydroxylation is 1. The number of rotatable bonds is 6. The van der Waals surface area contributed by atoms with Crippen LogP contribution in [0, 0.1) is 6.92 Å². The fraction of sp³-hybridized carbons (Fsp3) is 0.143. The van der Waals surface area contributed by atoms with E-state index in [1.165, 1.54) is 11.1 Å². The second-order valence-corrected chi connectivity index (χ2v) is 7.57. The Hall–Kier alpha value is -2.50. The number of nitrogens with zero attached hydrogens (tertiary/aromatic N) is 3. The molecule has 6 heteroatoms. The van der Waals surface area contributed by atoms with Crippen molar-refractivity contribution in [3.8, 4) is 11.4 Å². The van der Waals surface area contributed by atoms with Crippen molar-refractivity contribution in [3.63, 3.8) is 0 Å². The van der Waals surface area contributed by atoms with Crippen LogP contribution in [0.3, 0.4) is 0 Å². The van der Waals surface area contributed by atoms with Gasteiger partial charge in [-0.2, -0.15) is 0 Å². The highest BCUT2D eigenvalue weighted by Gasteiger charge is 2.16. The molecule has 4 aromatic rings. The van der Waals surface area contributed by atoms with Crippen LogP contribution in [0.1, 0.15) is 16.9 Å². The zero-order valence-electron chi connectivity index (χ0n) is 14.8. The number of furan rings is 1. The number of thioether (sulfide) groups is 1. The molecule has 0 saturated heterocycles. The molecule has 4 nitrogen and oxygen atoms in total. The van der Waals surface area contributed by atoms with Gasteiger partial charge in [-0.15, -0.1) is 10.2 Å². The molecule has 2 heterocycles. The molecule has 4 rings (SSSR count). The second kappa shape index (κ2) is 8.03. The summed E-state index contributed by atoms with van der Waals surface area (Å²) in [4.78, 5) is 0. The third-order valence-corrected chi connectivity index (χ3v) is 5.60. The van der Waals surface area contributed by atoms with Crippen LogP contribution in [-0.2, 0) is 12.3 Å². The van der Waals surface area contributed by atoms with E-state index >= 15 is 0 Å². The Kier molecular flexibility index (Phi) is 5.32. The molecule has 136 valence electrons. The first-order valence-corrected chi connectivity index (χ1v) is 9.96. The predicted molar refractivity (Wildman–Crippen MR) is 109 cm³/mol. The Morgan fingerprint density at radius 2 is 1.81 bits per heavy atom. The Morgan fingerprint density at radius 1 is 1.00 bits per heavy atom. The van der Waals surface area contributed by atoms with Crippen molar-refractivity contribution in [2.45, 2.75) is 24.4 Å². The summed E-state index contributed by atoms with van der Waals surface area (Å²) in [5, 5.41) is 10.4. The molecule has 0 atom stereocenters. The first-order valence-electron chi connectivity index (χ1n) is 8.59. The highest BCUT2D eigenvalue weighted by Crippen LogP contribution is 2.28. The van der Waals surface area contributed by atoms with Gasteiger partial charge in [-0.05, 0) is 54.4 Å². The lowest BCUT2D eigenvalue weighted by atomic mass is 10.1. The maximum absolute atomic E-state index is 6.03. The monoisotopic (exact) mass is 395 g/mol. The Bertz CT molecular complexity index is 1030. The van der Waals surface area contributed by atoms with Crippen LogP contribution in [0.25, 0.3) is 11.4 Å². The SMILES string of the molecule is Cc1ccccc1CSc1nnc(-c2ccc(Cl)cc2)n1Cc1ccco1. The van der Waals surface area contributed by atoms with Crippen molar-refractivity contribution in [1.82, 2.24) is 14.8 Å². The van der Waals surface area contributed by atoms with Gasteiger partial charge in [0.05, 0.1) is 12.8 Å². The first-order chi connectivity index (χ1) is 13.2. The summed E-state index contributed by atoms with van der Waals surface area (Å²) in [7, 11) is 0. The quantitative estimate of drug-likeness (QED) is 0.384. The third kappa shape index (κ3) is 4.10. The van der Waals surface area contributed by atoms with Gasteiger partial charge in [-0.3, -0.25) is 4.57 Å². The van der Waals surface area contributed by atoms with Crippen molar-refractivity contribution >= 4 is 23.4 Å². The molecule has 0 aliphatic heterocycles. The average molecular weight is 396 g/mol. The fourth-order valence-corrected chi connectivity index (χ4v) is 3.96. The highest BCUT2D eigenvalue weighted by atomic mass is 35.5. The largest absolute Gasteiger partial charge is 0.467 e. The summed E-state index contributed by atoms with van der Waals surface area (Å²) in [6.45, 7) is 2.71. The summed E-state index contributed by atoms with van der Waals surface area (Å²) in [5.74, 6) is 2.50. The van der Waals surface area contributed by atoms with E-state index in [0.717, 1.165) is 28.1 Å². The van der Waals surface area contributed by atoms with E-state index < -0.39 is 0 Å². The summed E-state index contributed by atoms with van der Waals surface area (Å²) in [6, 6.07) is 19.9. The van der Waals surface area contributed by atoms with Crippen LogP contribution in [-0.4, -0.2) is 14.8 Å². The van der Waals surface area contributed by atoms with E-state index in [-0.39, 0.29) is 0 Å². The molecule has 0 spiro atoms. The standard InChI is InChI=1S/C21H18ClN3OS/c1-15-5-2-3-6-17(15)14-27-21-24-23-20(16-8-10-18(22)11-9-16)25(21)13-19-7-4-12-26-19/h2-12H,13-14H2,1H3. The molecule has 0 amide bonds. The van der Waals surface area contributed by atoms with E-state index in [0.29, 0.717) is 11.6 Å². The maximum Gasteiger partial charge on any atom is 0.192 e. The molecule has 0 aliphatic rings. The molecule has 27 heavy (non-hydrogen) atoms. The molecule has 0 N–H and O–H groups in total. The summed E-state index contributed by atoms with van der Waals surface area (Å²) < 4.78 is 7.64. The van der Waals surface area contributed by atoms with E-state index in [2.05, 4.69) is 46.0 Å². The average Bonchev–Trinajstić information content (AvgIpc) is 3.33. The van der Waals surface area contributed by atoms with Gasteiger partial charge in [0, 0.05) is 16.3 Å². The third-order valence-electron chi connectivity index (χ3n) is 4.33. The van der Waals surface area contributed by atoms with Crippen LogP contribution in [0.2, 0.25) is 5.02 Å². The van der Waals surface area contributed by atoms with Gasteiger partial charge in [-0.25, -0.2) is 0 Å². The van der Waals surface area contributed by atoms with Gasteiger partial charge in [0.15, 0.2) is 11.0 Å². The topological polar surface area (TPSA) is 43.9 Å². The van der Waals surface area contributed by atoms with Crippen LogP contribution in [0.5, 0.6) is 0 Å². The van der Waals surface area contributed by atoms with E-state index in [1.807, 2.05) is 36.4 Å². The van der Waals surface area contributed by atoms with Crippen LogP contribution in [0.4, 0.5) is 0 Å².